The van der Waals surface area contributed by atoms with Crippen molar-refractivity contribution in [1.82, 2.24) is 5.32 Å². The SMILES string of the molecule is CC(=O)OC[C@@H]1O[C@@H](OC(C)=O)[C@@H](NC(=O)c2ccccc2)[C@@H](OC(C)=O)[C@@H]1OC(C)=O. The maximum atomic E-state index is 12.8. The normalized spacial score (nSPS) is 24.6. The highest BCUT2D eigenvalue weighted by molar-refractivity contribution is 5.94. The fraction of sp³-hybridized carbons (Fsp3) is 0.476. The standard InChI is InChI=1S/C21H25NO10/c1-11(23)28-10-16-18(29-12(2)24)19(30-13(3)25)17(21(32-16)31-14(4)26)22-20(27)15-8-6-5-7-9-15/h5-9,16-19,21H,10H2,1-4H3,(H,22,27)/t16-,17-,18+,19+,21+/m0/s1. The summed E-state index contributed by atoms with van der Waals surface area (Å²) in [5.74, 6) is -3.44. The molecular weight excluding hydrogens is 426 g/mol. The van der Waals surface area contributed by atoms with Crippen molar-refractivity contribution in [2.45, 2.75) is 58.3 Å². The Morgan fingerprint density at radius 3 is 1.91 bits per heavy atom. The van der Waals surface area contributed by atoms with Gasteiger partial charge in [-0.2, -0.15) is 0 Å². The molecule has 0 unspecified atom stereocenters. The van der Waals surface area contributed by atoms with Crippen molar-refractivity contribution in [2.24, 2.45) is 0 Å². The minimum Gasteiger partial charge on any atom is -0.463 e. The molecule has 0 radical (unpaired) electrons. The summed E-state index contributed by atoms with van der Waals surface area (Å²) in [4.78, 5) is 59.3. The Hall–Kier alpha value is -3.47. The lowest BCUT2D eigenvalue weighted by Crippen LogP contribution is -2.67. The van der Waals surface area contributed by atoms with Crippen LogP contribution < -0.4 is 5.32 Å². The molecule has 0 saturated carbocycles. The first-order valence-electron chi connectivity index (χ1n) is 9.75. The molecule has 2 rings (SSSR count). The maximum absolute atomic E-state index is 12.8. The fourth-order valence-electron chi connectivity index (χ4n) is 3.14. The lowest BCUT2D eigenvalue weighted by molar-refractivity contribution is -0.270. The third kappa shape index (κ3) is 7.05. The number of nitrogens with one attached hydrogen (secondary N) is 1. The molecule has 11 heteroatoms. The molecule has 0 bridgehead atoms. The molecular formula is C21H25NO10. The number of carbonyl (C=O) groups excluding carboxylic acids is 5. The van der Waals surface area contributed by atoms with E-state index in [4.69, 9.17) is 23.7 Å². The van der Waals surface area contributed by atoms with Gasteiger partial charge in [-0.15, -0.1) is 0 Å². The summed E-state index contributed by atoms with van der Waals surface area (Å²) in [7, 11) is 0. The van der Waals surface area contributed by atoms with Gasteiger partial charge in [-0.3, -0.25) is 24.0 Å². The number of ether oxygens (including phenoxy) is 5. The summed E-state index contributed by atoms with van der Waals surface area (Å²) in [6.07, 6.45) is -5.18. The van der Waals surface area contributed by atoms with Gasteiger partial charge in [0.25, 0.3) is 5.91 Å². The van der Waals surface area contributed by atoms with E-state index in [0.29, 0.717) is 0 Å². The van der Waals surface area contributed by atoms with Gasteiger partial charge < -0.3 is 29.0 Å². The summed E-state index contributed by atoms with van der Waals surface area (Å²) in [5, 5.41) is 2.62. The molecule has 0 aliphatic carbocycles. The summed E-state index contributed by atoms with van der Waals surface area (Å²) in [6.45, 7) is 4.16. The predicted molar refractivity (Wildman–Crippen MR) is 106 cm³/mol. The molecule has 1 saturated heterocycles. The quantitative estimate of drug-likeness (QED) is 0.460. The molecule has 1 aromatic carbocycles. The van der Waals surface area contributed by atoms with Gasteiger partial charge >= 0.3 is 23.9 Å². The molecule has 1 N–H and O–H groups in total. The Labute approximate surface area is 184 Å². The number of benzene rings is 1. The van der Waals surface area contributed by atoms with E-state index in [-0.39, 0.29) is 12.2 Å². The molecule has 1 aliphatic heterocycles. The van der Waals surface area contributed by atoms with Gasteiger partial charge in [-0.05, 0) is 12.1 Å². The monoisotopic (exact) mass is 451 g/mol. The van der Waals surface area contributed by atoms with Crippen molar-refractivity contribution < 1.29 is 47.7 Å². The van der Waals surface area contributed by atoms with Gasteiger partial charge in [0, 0.05) is 33.3 Å². The van der Waals surface area contributed by atoms with Crippen molar-refractivity contribution in [1.29, 1.82) is 0 Å². The minimum absolute atomic E-state index is 0.279. The first-order chi connectivity index (χ1) is 15.1. The van der Waals surface area contributed by atoms with E-state index in [1.165, 1.54) is 6.92 Å². The van der Waals surface area contributed by atoms with Crippen LogP contribution in [0.15, 0.2) is 30.3 Å². The first-order valence-corrected chi connectivity index (χ1v) is 9.75. The molecule has 1 heterocycles. The molecule has 5 atom stereocenters. The molecule has 1 amide bonds. The molecule has 1 fully saturated rings. The summed E-state index contributed by atoms with van der Waals surface area (Å²) < 4.78 is 26.5. The van der Waals surface area contributed by atoms with Crippen LogP contribution >= 0.6 is 0 Å². The van der Waals surface area contributed by atoms with Crippen LogP contribution in [0.4, 0.5) is 0 Å². The second-order valence-corrected chi connectivity index (χ2v) is 6.97. The number of rotatable bonds is 7. The average Bonchev–Trinajstić information content (AvgIpc) is 2.70. The largest absolute Gasteiger partial charge is 0.463 e. The highest BCUT2D eigenvalue weighted by Crippen LogP contribution is 2.28. The number of hydrogen-bond acceptors (Lipinski definition) is 10. The minimum atomic E-state index is -1.43. The van der Waals surface area contributed by atoms with E-state index in [9.17, 15) is 24.0 Å². The Morgan fingerprint density at radius 1 is 0.812 bits per heavy atom. The number of amides is 1. The van der Waals surface area contributed by atoms with E-state index >= 15 is 0 Å². The van der Waals surface area contributed by atoms with E-state index in [1.807, 2.05) is 0 Å². The summed E-state index contributed by atoms with van der Waals surface area (Å²) in [6, 6.07) is 6.88. The topological polar surface area (TPSA) is 144 Å². The van der Waals surface area contributed by atoms with Gasteiger partial charge in [0.05, 0.1) is 0 Å². The van der Waals surface area contributed by atoms with Crippen molar-refractivity contribution in [2.75, 3.05) is 6.61 Å². The fourth-order valence-corrected chi connectivity index (χ4v) is 3.14. The Morgan fingerprint density at radius 2 is 1.38 bits per heavy atom. The highest BCUT2D eigenvalue weighted by atomic mass is 16.7. The van der Waals surface area contributed by atoms with Crippen molar-refractivity contribution in [3.05, 3.63) is 35.9 Å². The van der Waals surface area contributed by atoms with Gasteiger partial charge in [0.2, 0.25) is 6.29 Å². The zero-order valence-electron chi connectivity index (χ0n) is 18.1. The van der Waals surface area contributed by atoms with Crippen LogP contribution in [0.1, 0.15) is 38.1 Å². The van der Waals surface area contributed by atoms with Crippen LogP contribution in [0.3, 0.4) is 0 Å². The number of hydrogen-bond donors (Lipinski definition) is 1. The predicted octanol–water partition coefficient (Wildman–Crippen LogP) is 0.500. The van der Waals surface area contributed by atoms with Crippen molar-refractivity contribution in [3.63, 3.8) is 0 Å². The van der Waals surface area contributed by atoms with E-state index in [1.54, 1.807) is 30.3 Å². The van der Waals surface area contributed by atoms with Crippen LogP contribution in [0.25, 0.3) is 0 Å². The van der Waals surface area contributed by atoms with Crippen LogP contribution in [-0.4, -0.2) is 67.0 Å². The lowest BCUT2D eigenvalue weighted by atomic mass is 9.95. The third-order valence-electron chi connectivity index (χ3n) is 4.32. The summed E-state index contributed by atoms with van der Waals surface area (Å²) in [5.41, 5.74) is 0.279. The third-order valence-corrected chi connectivity index (χ3v) is 4.32. The lowest BCUT2D eigenvalue weighted by Gasteiger charge is -2.44. The maximum Gasteiger partial charge on any atom is 0.305 e. The molecule has 1 aliphatic rings. The molecule has 174 valence electrons. The van der Waals surface area contributed by atoms with Gasteiger partial charge in [-0.1, -0.05) is 18.2 Å². The van der Waals surface area contributed by atoms with Gasteiger partial charge in [-0.25, -0.2) is 0 Å². The molecule has 0 spiro atoms. The summed E-state index contributed by atoms with van der Waals surface area (Å²) >= 11 is 0. The Bertz CT molecular complexity index is 855. The van der Waals surface area contributed by atoms with Gasteiger partial charge in [0.1, 0.15) is 18.8 Å². The second-order valence-electron chi connectivity index (χ2n) is 6.97. The molecule has 11 nitrogen and oxygen atoms in total. The van der Waals surface area contributed by atoms with Gasteiger partial charge in [0.15, 0.2) is 12.2 Å². The van der Waals surface area contributed by atoms with Crippen LogP contribution in [0, 0.1) is 0 Å². The second kappa shape index (κ2) is 11.2. The zero-order valence-corrected chi connectivity index (χ0v) is 18.1. The highest BCUT2D eigenvalue weighted by Gasteiger charge is 2.52. The first kappa shape index (κ1) is 24.8. The van der Waals surface area contributed by atoms with Crippen LogP contribution in [0.5, 0.6) is 0 Å². The van der Waals surface area contributed by atoms with E-state index in [0.717, 1.165) is 20.8 Å². The van der Waals surface area contributed by atoms with Crippen LogP contribution in [0.2, 0.25) is 0 Å². The van der Waals surface area contributed by atoms with Crippen molar-refractivity contribution in [3.8, 4) is 0 Å². The average molecular weight is 451 g/mol. The zero-order chi connectivity index (χ0) is 23.8. The molecule has 0 aromatic heterocycles. The van der Waals surface area contributed by atoms with E-state index < -0.39 is 60.4 Å². The number of esters is 4. The smallest absolute Gasteiger partial charge is 0.305 e. The number of carbonyl (C=O) groups is 5. The van der Waals surface area contributed by atoms with Crippen LogP contribution in [-0.2, 0) is 42.9 Å². The molecule has 32 heavy (non-hydrogen) atoms. The Kier molecular flexibility index (Phi) is 8.71. The molecule has 1 aromatic rings. The van der Waals surface area contributed by atoms with E-state index in [2.05, 4.69) is 5.32 Å². The van der Waals surface area contributed by atoms with Crippen molar-refractivity contribution >= 4 is 29.8 Å². The Balaban J connectivity index is 2.44.